The molecule has 0 saturated carbocycles. The van der Waals surface area contributed by atoms with E-state index >= 15 is 0 Å². The number of hydrogen-bond acceptors (Lipinski definition) is 8. The van der Waals surface area contributed by atoms with E-state index in [4.69, 9.17) is 5.73 Å². The number of anilines is 3. The fourth-order valence-electron chi connectivity index (χ4n) is 6.55. The first-order chi connectivity index (χ1) is 22.8. The number of imide groups is 1. The van der Waals surface area contributed by atoms with E-state index < -0.39 is 23.8 Å². The third kappa shape index (κ3) is 5.86. The molecule has 252 valence electrons. The molecule has 4 aromatic rings. The SMILES string of the molecule is Cc1cc(N2C(=O)C(C(=O)Nc3ccc(-c4cc(C5CCN(C(=O)C(C)C)CC5)n5ncnc(N)c45)cc3)CN(C(C)C)C2=O)nn1C. The molecule has 1 unspecified atom stereocenters. The number of carbonyl (C=O) groups excluding carboxylic acids is 4. The van der Waals surface area contributed by atoms with Gasteiger partial charge in [-0.1, -0.05) is 26.0 Å². The molecule has 5 amide bonds. The molecule has 3 aromatic heterocycles. The minimum Gasteiger partial charge on any atom is -0.382 e. The van der Waals surface area contributed by atoms with E-state index in [1.54, 1.807) is 29.9 Å². The van der Waals surface area contributed by atoms with Crippen LogP contribution in [0, 0.1) is 18.8 Å². The van der Waals surface area contributed by atoms with Crippen LogP contribution in [0.3, 0.4) is 0 Å². The lowest BCUT2D eigenvalue weighted by atomic mass is 9.92. The molecule has 2 saturated heterocycles. The monoisotopic (exact) mass is 654 g/mol. The van der Waals surface area contributed by atoms with E-state index in [-0.39, 0.29) is 36.1 Å². The first kappa shape index (κ1) is 32.7. The number of amides is 5. The van der Waals surface area contributed by atoms with Crippen molar-refractivity contribution in [2.24, 2.45) is 18.9 Å². The second-order valence-corrected chi connectivity index (χ2v) is 13.2. The van der Waals surface area contributed by atoms with Crippen LogP contribution in [-0.2, 0) is 21.4 Å². The molecule has 14 heteroatoms. The van der Waals surface area contributed by atoms with Crippen molar-refractivity contribution in [3.05, 3.63) is 54.1 Å². The number of carbonyl (C=O) groups is 4. The van der Waals surface area contributed by atoms with Crippen molar-refractivity contribution in [1.29, 1.82) is 0 Å². The highest BCUT2D eigenvalue weighted by atomic mass is 16.2. The maximum Gasteiger partial charge on any atom is 0.332 e. The summed E-state index contributed by atoms with van der Waals surface area (Å²) < 4.78 is 3.43. The fraction of sp³-hybridized carbons (Fsp3) is 0.441. The van der Waals surface area contributed by atoms with Crippen molar-refractivity contribution in [3.63, 3.8) is 0 Å². The summed E-state index contributed by atoms with van der Waals surface area (Å²) in [7, 11) is 1.73. The lowest BCUT2D eigenvalue weighted by Crippen LogP contribution is -2.61. The standard InChI is InChI=1S/C34H42N10O4/c1-19(2)32(46)41-13-11-23(12-14-41)27-16-25(29-30(35)36-18-37-44(27)29)22-7-9-24(10-8-22)38-31(45)26-17-42(20(3)4)34(48)43(33(26)47)28-15-21(5)40(6)39-28/h7-10,15-16,18-20,23,26H,11-14,17H2,1-6H3,(H,38,45)(H2,35,36,37). The summed E-state index contributed by atoms with van der Waals surface area (Å²) in [6.07, 6.45) is 3.08. The Hall–Kier alpha value is -5.27. The summed E-state index contributed by atoms with van der Waals surface area (Å²) in [6, 6.07) is 10.3. The third-order valence-electron chi connectivity index (χ3n) is 9.40. The quantitative estimate of drug-likeness (QED) is 0.284. The molecule has 0 radical (unpaired) electrons. The van der Waals surface area contributed by atoms with Crippen molar-refractivity contribution in [1.82, 2.24) is 34.2 Å². The number of piperidine rings is 1. The van der Waals surface area contributed by atoms with Gasteiger partial charge in [0.15, 0.2) is 11.6 Å². The van der Waals surface area contributed by atoms with Gasteiger partial charge in [-0.25, -0.2) is 19.2 Å². The Morgan fingerprint density at radius 3 is 2.31 bits per heavy atom. The topological polar surface area (TPSA) is 164 Å². The number of fused-ring (bicyclic) bond motifs is 1. The molecule has 0 spiro atoms. The number of aromatic nitrogens is 5. The average molecular weight is 655 g/mol. The van der Waals surface area contributed by atoms with Gasteiger partial charge in [-0.15, -0.1) is 0 Å². The lowest BCUT2D eigenvalue weighted by molar-refractivity contribution is -0.135. The number of likely N-dealkylation sites (tertiary alicyclic amines) is 1. The molecule has 1 atom stereocenters. The van der Waals surface area contributed by atoms with Gasteiger partial charge >= 0.3 is 6.03 Å². The van der Waals surface area contributed by atoms with Crippen molar-refractivity contribution in [2.45, 2.75) is 59.4 Å². The Labute approximate surface area is 278 Å². The van der Waals surface area contributed by atoms with Crippen LogP contribution in [0.4, 0.5) is 22.1 Å². The van der Waals surface area contributed by atoms with E-state index in [1.807, 2.05) is 56.2 Å². The molecule has 2 fully saturated rings. The molecular weight excluding hydrogens is 612 g/mol. The second-order valence-electron chi connectivity index (χ2n) is 13.2. The van der Waals surface area contributed by atoms with Crippen LogP contribution in [0.5, 0.6) is 0 Å². The molecule has 2 aliphatic heterocycles. The number of nitrogen functional groups attached to an aromatic ring is 1. The molecule has 14 nitrogen and oxygen atoms in total. The Morgan fingerprint density at radius 2 is 1.71 bits per heavy atom. The summed E-state index contributed by atoms with van der Waals surface area (Å²) in [4.78, 5) is 61.7. The van der Waals surface area contributed by atoms with Crippen LogP contribution in [0.25, 0.3) is 16.6 Å². The second kappa shape index (κ2) is 12.7. The predicted octanol–water partition coefficient (Wildman–Crippen LogP) is 3.81. The molecule has 3 N–H and O–H groups in total. The normalized spacial score (nSPS) is 17.7. The van der Waals surface area contributed by atoms with E-state index in [0.717, 1.165) is 40.3 Å². The summed E-state index contributed by atoms with van der Waals surface area (Å²) in [5.41, 5.74) is 11.1. The zero-order valence-corrected chi connectivity index (χ0v) is 28.2. The lowest BCUT2D eigenvalue weighted by Gasteiger charge is -2.39. The van der Waals surface area contributed by atoms with Gasteiger partial charge in [0.25, 0.3) is 5.91 Å². The number of rotatable bonds is 7. The van der Waals surface area contributed by atoms with Crippen LogP contribution >= 0.6 is 0 Å². The molecular formula is C34H42N10O4. The van der Waals surface area contributed by atoms with Gasteiger partial charge in [0.05, 0.1) is 0 Å². The van der Waals surface area contributed by atoms with E-state index in [0.29, 0.717) is 30.1 Å². The number of hydrogen-bond donors (Lipinski definition) is 2. The van der Waals surface area contributed by atoms with E-state index in [1.165, 1.54) is 11.2 Å². The van der Waals surface area contributed by atoms with Gasteiger partial charge in [-0.3, -0.25) is 19.1 Å². The first-order valence-corrected chi connectivity index (χ1v) is 16.3. The zero-order chi connectivity index (χ0) is 34.4. The Morgan fingerprint density at radius 1 is 1.02 bits per heavy atom. The van der Waals surface area contributed by atoms with Gasteiger partial charge in [0.1, 0.15) is 17.8 Å². The van der Waals surface area contributed by atoms with Crippen molar-refractivity contribution >= 4 is 46.6 Å². The number of benzene rings is 1. The maximum atomic E-state index is 13.6. The maximum absolute atomic E-state index is 13.6. The van der Waals surface area contributed by atoms with E-state index in [9.17, 15) is 19.2 Å². The van der Waals surface area contributed by atoms with Crippen LogP contribution in [0.15, 0.2) is 42.7 Å². The van der Waals surface area contributed by atoms with Crippen LogP contribution in [-0.4, -0.2) is 83.6 Å². The smallest absolute Gasteiger partial charge is 0.332 e. The van der Waals surface area contributed by atoms with Crippen molar-refractivity contribution in [3.8, 4) is 11.1 Å². The third-order valence-corrected chi connectivity index (χ3v) is 9.40. The zero-order valence-electron chi connectivity index (χ0n) is 28.2. The van der Waals surface area contributed by atoms with Gasteiger partial charge in [0, 0.05) is 73.3 Å². The molecule has 0 aliphatic carbocycles. The van der Waals surface area contributed by atoms with Gasteiger partial charge in [-0.05, 0) is 57.4 Å². The number of nitrogens with two attached hydrogens (primary N) is 1. The summed E-state index contributed by atoms with van der Waals surface area (Å²) in [5, 5.41) is 11.7. The highest BCUT2D eigenvalue weighted by molar-refractivity contribution is 6.23. The van der Waals surface area contributed by atoms with Crippen LogP contribution < -0.4 is 16.0 Å². The first-order valence-electron chi connectivity index (χ1n) is 16.3. The Kier molecular flexibility index (Phi) is 8.67. The van der Waals surface area contributed by atoms with Gasteiger partial charge in [0.2, 0.25) is 11.8 Å². The minimum absolute atomic E-state index is 0.0322. The number of nitrogens with zero attached hydrogens (tertiary/aromatic N) is 8. The predicted molar refractivity (Wildman–Crippen MR) is 181 cm³/mol. The van der Waals surface area contributed by atoms with Gasteiger partial charge in [-0.2, -0.15) is 10.2 Å². The Bertz CT molecular complexity index is 1870. The van der Waals surface area contributed by atoms with Gasteiger partial charge < -0.3 is 20.9 Å². The average Bonchev–Trinajstić information content (AvgIpc) is 3.61. The number of aryl methyl sites for hydroxylation is 2. The molecule has 48 heavy (non-hydrogen) atoms. The molecule has 1 aromatic carbocycles. The summed E-state index contributed by atoms with van der Waals surface area (Å²) in [6.45, 7) is 10.7. The number of nitrogens with one attached hydrogen (secondary N) is 1. The number of urea groups is 1. The van der Waals surface area contributed by atoms with Crippen molar-refractivity contribution < 1.29 is 19.2 Å². The van der Waals surface area contributed by atoms with E-state index in [2.05, 4.69) is 26.6 Å². The molecule has 0 bridgehead atoms. The fourth-order valence-corrected chi connectivity index (χ4v) is 6.55. The molecule has 6 rings (SSSR count). The van der Waals surface area contributed by atoms with Crippen molar-refractivity contribution in [2.75, 3.05) is 35.6 Å². The summed E-state index contributed by atoms with van der Waals surface area (Å²) >= 11 is 0. The molecule has 5 heterocycles. The summed E-state index contributed by atoms with van der Waals surface area (Å²) in [5.74, 6) is -1.38. The minimum atomic E-state index is -1.12. The largest absolute Gasteiger partial charge is 0.382 e. The Balaban J connectivity index is 1.23. The highest BCUT2D eigenvalue weighted by Gasteiger charge is 2.45. The highest BCUT2D eigenvalue weighted by Crippen LogP contribution is 2.37. The van der Waals surface area contributed by atoms with Crippen LogP contribution in [0.2, 0.25) is 0 Å². The molecule has 2 aliphatic rings. The van der Waals surface area contributed by atoms with Crippen LogP contribution in [0.1, 0.15) is 57.8 Å².